The summed E-state index contributed by atoms with van der Waals surface area (Å²) in [7, 11) is -3.62. The second-order valence-corrected chi connectivity index (χ2v) is 9.96. The number of benzene rings is 1. The van der Waals surface area contributed by atoms with E-state index >= 15 is 0 Å². The summed E-state index contributed by atoms with van der Waals surface area (Å²) >= 11 is 0. The zero-order valence-electron chi connectivity index (χ0n) is 16.7. The zero-order valence-corrected chi connectivity index (χ0v) is 17.5. The number of likely N-dealkylation sites (tertiary alicyclic amines) is 1. The van der Waals surface area contributed by atoms with Gasteiger partial charge in [-0.1, -0.05) is 25.1 Å². The van der Waals surface area contributed by atoms with Gasteiger partial charge in [0.1, 0.15) is 0 Å². The lowest BCUT2D eigenvalue weighted by Crippen LogP contribution is -2.43. The van der Waals surface area contributed by atoms with Gasteiger partial charge in [-0.25, -0.2) is 13.4 Å². The normalized spacial score (nSPS) is 21.9. The minimum atomic E-state index is -3.62. The number of sulfonamides is 1. The van der Waals surface area contributed by atoms with Crippen LogP contribution in [0.3, 0.4) is 0 Å². The maximum atomic E-state index is 13.2. The van der Waals surface area contributed by atoms with E-state index in [-0.39, 0.29) is 5.03 Å². The van der Waals surface area contributed by atoms with E-state index in [1.54, 1.807) is 46.8 Å². The van der Waals surface area contributed by atoms with E-state index in [1.807, 2.05) is 0 Å². The molecule has 2 fully saturated rings. The Hall–Kier alpha value is -2.27. The molecule has 1 aromatic carbocycles. The molecule has 29 heavy (non-hydrogen) atoms. The van der Waals surface area contributed by atoms with Crippen molar-refractivity contribution in [3.8, 4) is 17.3 Å². The van der Waals surface area contributed by atoms with Crippen molar-refractivity contribution < 1.29 is 8.42 Å². The Morgan fingerprint density at radius 2 is 1.76 bits per heavy atom. The number of rotatable bonds is 4. The molecular formula is C22H26N4O2S. The number of aromatic nitrogens is 1. The zero-order chi connectivity index (χ0) is 20.4. The quantitative estimate of drug-likeness (QED) is 0.774. The van der Waals surface area contributed by atoms with E-state index in [0.29, 0.717) is 30.4 Å². The molecule has 0 aliphatic carbocycles. The van der Waals surface area contributed by atoms with Crippen molar-refractivity contribution in [2.24, 2.45) is 5.92 Å². The molecule has 4 rings (SSSR count). The van der Waals surface area contributed by atoms with Crippen LogP contribution < -0.4 is 0 Å². The molecule has 3 heterocycles. The number of hydrogen-bond donors (Lipinski definition) is 0. The van der Waals surface area contributed by atoms with Crippen molar-refractivity contribution in [1.82, 2.24) is 14.2 Å². The van der Waals surface area contributed by atoms with Crippen molar-refractivity contribution in [1.29, 1.82) is 5.26 Å². The molecule has 0 radical (unpaired) electrons. The van der Waals surface area contributed by atoms with Crippen molar-refractivity contribution in [3.63, 3.8) is 0 Å². The predicted molar refractivity (Wildman–Crippen MR) is 112 cm³/mol. The first-order valence-corrected chi connectivity index (χ1v) is 11.6. The van der Waals surface area contributed by atoms with Gasteiger partial charge in [0.2, 0.25) is 0 Å². The summed E-state index contributed by atoms with van der Waals surface area (Å²) in [5, 5.41) is 9.04. The molecule has 0 bridgehead atoms. The third kappa shape index (κ3) is 4.20. The third-order valence-corrected chi connectivity index (χ3v) is 7.87. The minimum absolute atomic E-state index is 0.0901. The molecule has 152 valence electrons. The lowest BCUT2D eigenvalue weighted by molar-refractivity contribution is 0.143. The molecule has 1 unspecified atom stereocenters. The Balaban J connectivity index is 1.51. The van der Waals surface area contributed by atoms with Gasteiger partial charge in [0, 0.05) is 24.7 Å². The maximum absolute atomic E-state index is 13.2. The molecule has 2 aromatic rings. The summed E-state index contributed by atoms with van der Waals surface area (Å²) in [6.45, 7) is 5.49. The van der Waals surface area contributed by atoms with E-state index in [1.165, 1.54) is 12.8 Å². The predicted octanol–water partition coefficient (Wildman–Crippen LogP) is 3.12. The Labute approximate surface area is 172 Å². The van der Waals surface area contributed by atoms with Gasteiger partial charge in [-0.05, 0) is 62.5 Å². The van der Waals surface area contributed by atoms with E-state index in [4.69, 9.17) is 5.26 Å². The van der Waals surface area contributed by atoms with Gasteiger partial charge in [-0.15, -0.1) is 0 Å². The van der Waals surface area contributed by atoms with Gasteiger partial charge in [0.25, 0.3) is 10.0 Å². The Kier molecular flexibility index (Phi) is 5.68. The lowest BCUT2D eigenvalue weighted by Gasteiger charge is -2.34. The third-order valence-electron chi connectivity index (χ3n) is 6.10. The summed E-state index contributed by atoms with van der Waals surface area (Å²) in [4.78, 5) is 6.89. The second-order valence-electron chi connectivity index (χ2n) is 8.07. The second kappa shape index (κ2) is 8.23. The standard InChI is InChI=1S/C22H26N4O2S/c1-17-9-12-25(13-10-17)20-11-14-26(16-20)29(27,28)22-4-2-3-21(24-22)19-7-5-18(15-23)6-8-19/h2-8,17,20H,9-14,16H2,1H3. The van der Waals surface area contributed by atoms with Crippen LogP contribution in [-0.4, -0.2) is 54.8 Å². The topological polar surface area (TPSA) is 77.3 Å². The molecule has 6 nitrogen and oxygen atoms in total. The maximum Gasteiger partial charge on any atom is 0.260 e. The Bertz CT molecular complexity index is 1010. The molecule has 7 heteroatoms. The molecule has 2 aliphatic rings. The van der Waals surface area contributed by atoms with Crippen molar-refractivity contribution in [3.05, 3.63) is 48.0 Å². The fraction of sp³-hybridized carbons (Fsp3) is 0.455. The summed E-state index contributed by atoms with van der Waals surface area (Å²) in [5.41, 5.74) is 1.95. The monoisotopic (exact) mass is 410 g/mol. The van der Waals surface area contributed by atoms with Crippen LogP contribution in [0.25, 0.3) is 11.3 Å². The van der Waals surface area contributed by atoms with Crippen molar-refractivity contribution in [2.75, 3.05) is 26.2 Å². The van der Waals surface area contributed by atoms with Crippen LogP contribution in [0.5, 0.6) is 0 Å². The first-order valence-electron chi connectivity index (χ1n) is 10.2. The van der Waals surface area contributed by atoms with Crippen molar-refractivity contribution >= 4 is 10.0 Å². The molecule has 0 N–H and O–H groups in total. The molecule has 0 spiro atoms. The first kappa shape index (κ1) is 20.0. The summed E-state index contributed by atoms with van der Waals surface area (Å²) in [6.07, 6.45) is 3.26. The number of pyridine rings is 1. The van der Waals surface area contributed by atoms with Crippen LogP contribution >= 0.6 is 0 Å². The molecule has 1 aromatic heterocycles. The van der Waals surface area contributed by atoms with Gasteiger partial charge in [0.15, 0.2) is 5.03 Å². The highest BCUT2D eigenvalue weighted by atomic mass is 32.2. The molecule has 0 saturated carbocycles. The average molecular weight is 411 g/mol. The highest BCUT2D eigenvalue weighted by molar-refractivity contribution is 7.89. The molecular weight excluding hydrogens is 384 g/mol. The smallest absolute Gasteiger partial charge is 0.260 e. The first-order chi connectivity index (χ1) is 14.0. The van der Waals surface area contributed by atoms with E-state index in [0.717, 1.165) is 31.0 Å². The highest BCUT2D eigenvalue weighted by Crippen LogP contribution is 2.27. The van der Waals surface area contributed by atoms with Crippen LogP contribution in [0.2, 0.25) is 0 Å². The number of piperidine rings is 1. The Morgan fingerprint density at radius 1 is 1.03 bits per heavy atom. The van der Waals surface area contributed by atoms with Gasteiger partial charge < -0.3 is 0 Å². The highest BCUT2D eigenvalue weighted by Gasteiger charge is 2.36. The Morgan fingerprint density at radius 3 is 2.45 bits per heavy atom. The van der Waals surface area contributed by atoms with Crippen LogP contribution in [0.4, 0.5) is 0 Å². The minimum Gasteiger partial charge on any atom is -0.299 e. The van der Waals surface area contributed by atoms with Crippen LogP contribution in [0.15, 0.2) is 47.5 Å². The van der Waals surface area contributed by atoms with Gasteiger partial charge >= 0.3 is 0 Å². The van der Waals surface area contributed by atoms with Crippen LogP contribution in [0.1, 0.15) is 31.7 Å². The van der Waals surface area contributed by atoms with Gasteiger partial charge in [-0.2, -0.15) is 9.57 Å². The molecule has 0 amide bonds. The fourth-order valence-electron chi connectivity index (χ4n) is 4.19. The van der Waals surface area contributed by atoms with Gasteiger partial charge in [-0.3, -0.25) is 4.90 Å². The number of nitrogens with zero attached hydrogens (tertiary/aromatic N) is 4. The average Bonchev–Trinajstić information content (AvgIpc) is 3.26. The van der Waals surface area contributed by atoms with E-state index in [9.17, 15) is 8.42 Å². The van der Waals surface area contributed by atoms with E-state index < -0.39 is 10.0 Å². The number of nitriles is 1. The lowest BCUT2D eigenvalue weighted by atomic mass is 9.98. The van der Waals surface area contributed by atoms with Crippen LogP contribution in [0, 0.1) is 17.2 Å². The SMILES string of the molecule is CC1CCN(C2CCN(S(=O)(=O)c3cccc(-c4ccc(C#N)cc4)n3)C2)CC1. The summed E-state index contributed by atoms with van der Waals surface area (Å²) in [5.74, 6) is 0.765. The number of hydrogen-bond acceptors (Lipinski definition) is 5. The molecule has 1 atom stereocenters. The fourth-order valence-corrected chi connectivity index (χ4v) is 5.63. The molecule has 2 saturated heterocycles. The van der Waals surface area contributed by atoms with E-state index in [2.05, 4.69) is 22.9 Å². The summed E-state index contributed by atoms with van der Waals surface area (Å²) < 4.78 is 28.0. The van der Waals surface area contributed by atoms with Crippen LogP contribution in [-0.2, 0) is 10.0 Å². The largest absolute Gasteiger partial charge is 0.299 e. The van der Waals surface area contributed by atoms with Gasteiger partial charge in [0.05, 0.1) is 17.3 Å². The summed E-state index contributed by atoms with van der Waals surface area (Å²) in [6, 6.07) is 14.5. The van der Waals surface area contributed by atoms with Crippen molar-refractivity contribution in [2.45, 2.75) is 37.3 Å². The molecule has 2 aliphatic heterocycles.